The highest BCUT2D eigenvalue weighted by atomic mass is 19.4. The number of fused-ring (bicyclic) bond motifs is 1. The third-order valence-electron chi connectivity index (χ3n) is 3.96. The van der Waals surface area contributed by atoms with Crippen molar-refractivity contribution in [2.45, 2.75) is 19.5 Å². The van der Waals surface area contributed by atoms with Gasteiger partial charge in [0.1, 0.15) is 11.3 Å². The molecule has 1 saturated heterocycles. The minimum atomic E-state index is -4.46. The average Bonchev–Trinajstić information content (AvgIpc) is 2.91. The molecule has 1 aliphatic rings. The minimum Gasteiger partial charge on any atom is -0.335 e. The van der Waals surface area contributed by atoms with E-state index in [0.29, 0.717) is 43.9 Å². The molecule has 1 aliphatic heterocycles. The summed E-state index contributed by atoms with van der Waals surface area (Å²) < 4.78 is 40.1. The number of pyridine rings is 1. The van der Waals surface area contributed by atoms with Crippen LogP contribution in [0.5, 0.6) is 0 Å². The second-order valence-electron chi connectivity index (χ2n) is 5.45. The van der Waals surface area contributed by atoms with Crippen LogP contribution in [0.15, 0.2) is 18.3 Å². The molecule has 0 aliphatic carbocycles. The molecule has 124 valence electrons. The molecule has 1 fully saturated rings. The first-order valence-corrected chi connectivity index (χ1v) is 7.50. The highest BCUT2D eigenvalue weighted by molar-refractivity contribution is 5.95. The third kappa shape index (κ3) is 2.90. The van der Waals surface area contributed by atoms with E-state index >= 15 is 0 Å². The molecule has 0 radical (unpaired) electrons. The van der Waals surface area contributed by atoms with Crippen molar-refractivity contribution in [2.75, 3.05) is 26.2 Å². The molecule has 3 rings (SSSR count). The van der Waals surface area contributed by atoms with Gasteiger partial charge in [0.25, 0.3) is 5.91 Å². The maximum atomic E-state index is 13.0. The van der Waals surface area contributed by atoms with Gasteiger partial charge in [-0.15, -0.1) is 0 Å². The van der Waals surface area contributed by atoms with E-state index in [9.17, 15) is 18.0 Å². The Morgan fingerprint density at radius 3 is 2.61 bits per heavy atom. The third-order valence-corrected chi connectivity index (χ3v) is 3.96. The Bertz CT molecular complexity index is 732. The first kappa shape index (κ1) is 15.8. The molecule has 1 amide bonds. The van der Waals surface area contributed by atoms with Gasteiger partial charge in [0, 0.05) is 32.4 Å². The molecule has 2 aromatic rings. The van der Waals surface area contributed by atoms with E-state index in [4.69, 9.17) is 0 Å². The Balaban J connectivity index is 2.10. The van der Waals surface area contributed by atoms with Crippen LogP contribution in [-0.4, -0.2) is 46.4 Å². The summed E-state index contributed by atoms with van der Waals surface area (Å²) in [6, 6.07) is 2.29. The molecule has 0 saturated carbocycles. The maximum Gasteiger partial charge on any atom is 0.417 e. The molecule has 23 heavy (non-hydrogen) atoms. The van der Waals surface area contributed by atoms with Gasteiger partial charge in [-0.2, -0.15) is 13.2 Å². The summed E-state index contributed by atoms with van der Waals surface area (Å²) in [7, 11) is 0. The van der Waals surface area contributed by atoms with Gasteiger partial charge >= 0.3 is 6.18 Å². The van der Waals surface area contributed by atoms with Gasteiger partial charge in [-0.25, -0.2) is 4.98 Å². The minimum absolute atomic E-state index is 0.232. The van der Waals surface area contributed by atoms with Gasteiger partial charge in [-0.1, -0.05) is 6.92 Å². The molecule has 0 aromatic carbocycles. The summed E-state index contributed by atoms with van der Waals surface area (Å²) in [5.41, 5.74) is 0.316. The van der Waals surface area contributed by atoms with Crippen molar-refractivity contribution in [3.05, 3.63) is 35.3 Å². The number of aryl methyl sites for hydroxylation is 1. The van der Waals surface area contributed by atoms with E-state index in [-0.39, 0.29) is 11.6 Å². The van der Waals surface area contributed by atoms with Crippen LogP contribution in [0.4, 0.5) is 13.2 Å². The number of nitrogens with zero attached hydrogens (tertiary/aromatic N) is 3. The summed E-state index contributed by atoms with van der Waals surface area (Å²) in [6.07, 6.45) is -3.02. The molecule has 0 atom stereocenters. The molecule has 5 nitrogen and oxygen atoms in total. The van der Waals surface area contributed by atoms with Crippen LogP contribution in [0.3, 0.4) is 0 Å². The van der Waals surface area contributed by atoms with Crippen molar-refractivity contribution < 1.29 is 18.0 Å². The smallest absolute Gasteiger partial charge is 0.335 e. The number of amides is 1. The molecule has 3 heterocycles. The van der Waals surface area contributed by atoms with Crippen molar-refractivity contribution in [2.24, 2.45) is 0 Å². The number of imidazole rings is 1. The predicted octanol–water partition coefficient (Wildman–Crippen LogP) is 1.96. The number of hydrogen-bond donors (Lipinski definition) is 1. The largest absolute Gasteiger partial charge is 0.417 e. The zero-order valence-corrected chi connectivity index (χ0v) is 12.7. The second kappa shape index (κ2) is 5.84. The van der Waals surface area contributed by atoms with Crippen LogP contribution in [0.25, 0.3) is 5.65 Å². The molecule has 8 heteroatoms. The monoisotopic (exact) mass is 326 g/mol. The Morgan fingerprint density at radius 1 is 1.30 bits per heavy atom. The topological polar surface area (TPSA) is 49.6 Å². The fourth-order valence-corrected chi connectivity index (χ4v) is 2.75. The van der Waals surface area contributed by atoms with Gasteiger partial charge < -0.3 is 10.2 Å². The summed E-state index contributed by atoms with van der Waals surface area (Å²) in [6.45, 7) is 4.26. The van der Waals surface area contributed by atoms with Crippen molar-refractivity contribution >= 4 is 11.6 Å². The molecular weight excluding hydrogens is 309 g/mol. The Kier molecular flexibility index (Phi) is 4.01. The standard InChI is InChI=1S/C15H17F3N4O/c1-2-11-13(14(23)21-7-5-19-6-8-21)22-9-10(15(16,17)18)3-4-12(22)20-11/h3-4,9,19H,2,5-8H2,1H3. The van der Waals surface area contributed by atoms with E-state index < -0.39 is 11.7 Å². The lowest BCUT2D eigenvalue weighted by Gasteiger charge is -2.27. The molecule has 0 unspecified atom stereocenters. The van der Waals surface area contributed by atoms with Gasteiger partial charge in [0.15, 0.2) is 0 Å². The average molecular weight is 326 g/mol. The van der Waals surface area contributed by atoms with Crippen molar-refractivity contribution in [1.29, 1.82) is 0 Å². The van der Waals surface area contributed by atoms with Gasteiger partial charge in [0.05, 0.1) is 11.3 Å². The number of nitrogens with one attached hydrogen (secondary N) is 1. The quantitative estimate of drug-likeness (QED) is 0.918. The van der Waals surface area contributed by atoms with Crippen molar-refractivity contribution in [1.82, 2.24) is 19.6 Å². The number of rotatable bonds is 2. The number of piperazine rings is 1. The van der Waals surface area contributed by atoms with Crippen LogP contribution in [0, 0.1) is 0 Å². The van der Waals surface area contributed by atoms with Crippen LogP contribution < -0.4 is 5.32 Å². The van der Waals surface area contributed by atoms with Gasteiger partial charge in [-0.05, 0) is 18.6 Å². The number of alkyl halides is 3. The summed E-state index contributed by atoms with van der Waals surface area (Å²) in [4.78, 5) is 18.7. The van der Waals surface area contributed by atoms with Crippen LogP contribution in [0.1, 0.15) is 28.7 Å². The van der Waals surface area contributed by atoms with Gasteiger partial charge in [-0.3, -0.25) is 9.20 Å². The second-order valence-corrected chi connectivity index (χ2v) is 5.45. The lowest BCUT2D eigenvalue weighted by Crippen LogP contribution is -2.46. The summed E-state index contributed by atoms with van der Waals surface area (Å²) in [5.74, 6) is -0.268. The number of carbonyl (C=O) groups excluding carboxylic acids is 1. The highest BCUT2D eigenvalue weighted by Gasteiger charge is 2.32. The van der Waals surface area contributed by atoms with Crippen molar-refractivity contribution in [3.63, 3.8) is 0 Å². The van der Waals surface area contributed by atoms with E-state index in [1.54, 1.807) is 4.90 Å². The summed E-state index contributed by atoms with van der Waals surface area (Å²) >= 11 is 0. The first-order chi connectivity index (χ1) is 10.9. The molecule has 0 bridgehead atoms. The van der Waals surface area contributed by atoms with E-state index in [1.165, 1.54) is 10.5 Å². The molecule has 2 aromatic heterocycles. The number of hydrogen-bond acceptors (Lipinski definition) is 3. The van der Waals surface area contributed by atoms with E-state index in [1.807, 2.05) is 6.92 Å². The van der Waals surface area contributed by atoms with Crippen LogP contribution in [0.2, 0.25) is 0 Å². The zero-order chi connectivity index (χ0) is 16.6. The fraction of sp³-hybridized carbons (Fsp3) is 0.467. The summed E-state index contributed by atoms with van der Waals surface area (Å²) in [5, 5.41) is 3.14. The number of carbonyl (C=O) groups is 1. The predicted molar refractivity (Wildman–Crippen MR) is 78.3 cm³/mol. The number of aromatic nitrogens is 2. The number of halogens is 3. The Hall–Kier alpha value is -2.09. The lowest BCUT2D eigenvalue weighted by molar-refractivity contribution is -0.137. The van der Waals surface area contributed by atoms with Gasteiger partial charge in [0.2, 0.25) is 0 Å². The molecular formula is C15H17F3N4O. The Morgan fingerprint density at radius 2 is 2.00 bits per heavy atom. The first-order valence-electron chi connectivity index (χ1n) is 7.50. The van der Waals surface area contributed by atoms with Crippen molar-refractivity contribution in [3.8, 4) is 0 Å². The fourth-order valence-electron chi connectivity index (χ4n) is 2.75. The maximum absolute atomic E-state index is 13.0. The van der Waals surface area contributed by atoms with Crippen LogP contribution >= 0.6 is 0 Å². The zero-order valence-electron chi connectivity index (χ0n) is 12.7. The molecule has 0 spiro atoms. The van der Waals surface area contributed by atoms with E-state index in [0.717, 1.165) is 12.3 Å². The lowest BCUT2D eigenvalue weighted by atomic mass is 10.2. The van der Waals surface area contributed by atoms with E-state index in [2.05, 4.69) is 10.3 Å². The Labute approximate surface area is 131 Å². The van der Waals surface area contributed by atoms with Crippen LogP contribution in [-0.2, 0) is 12.6 Å². The normalized spacial score (nSPS) is 16.1. The SMILES string of the molecule is CCc1nc2ccc(C(F)(F)F)cn2c1C(=O)N1CCNCC1. The highest BCUT2D eigenvalue weighted by Crippen LogP contribution is 2.30. The molecule has 1 N–H and O–H groups in total.